The van der Waals surface area contributed by atoms with Gasteiger partial charge >= 0.3 is 5.97 Å². The summed E-state index contributed by atoms with van der Waals surface area (Å²) in [6.45, 7) is 3.00. The van der Waals surface area contributed by atoms with Gasteiger partial charge in [0, 0.05) is 18.6 Å². The second-order valence-corrected chi connectivity index (χ2v) is 5.08. The van der Waals surface area contributed by atoms with E-state index < -0.39 is 40.2 Å². The van der Waals surface area contributed by atoms with Crippen molar-refractivity contribution < 1.29 is 27.9 Å². The molecule has 1 aromatic carbocycles. The largest absolute Gasteiger partial charge is 0.481 e. The lowest BCUT2D eigenvalue weighted by molar-refractivity contribution is -0.139. The standard InChI is InChI=1S/C13H13F3O3/c1-13(2,6-11(18)19)5-10(17)12-8(15)3-7(14)4-9(12)16/h3-4H,5-6H2,1-2H3,(H,18,19). The van der Waals surface area contributed by atoms with Crippen LogP contribution in [0.1, 0.15) is 37.0 Å². The first-order valence-corrected chi connectivity index (χ1v) is 5.52. The molecule has 1 aromatic rings. The van der Waals surface area contributed by atoms with E-state index in [1.54, 1.807) is 0 Å². The van der Waals surface area contributed by atoms with Gasteiger partial charge in [-0.2, -0.15) is 0 Å². The normalized spacial score (nSPS) is 11.4. The van der Waals surface area contributed by atoms with Crippen LogP contribution < -0.4 is 0 Å². The smallest absolute Gasteiger partial charge is 0.303 e. The molecule has 3 nitrogen and oxygen atoms in total. The molecule has 1 N–H and O–H groups in total. The van der Waals surface area contributed by atoms with Crippen LogP contribution in [0.5, 0.6) is 0 Å². The molecule has 0 unspecified atom stereocenters. The number of aliphatic carboxylic acids is 1. The summed E-state index contributed by atoms with van der Waals surface area (Å²) < 4.78 is 39.5. The molecule has 0 saturated carbocycles. The lowest BCUT2D eigenvalue weighted by Gasteiger charge is -2.21. The van der Waals surface area contributed by atoms with Gasteiger partial charge in [-0.05, 0) is 5.41 Å². The van der Waals surface area contributed by atoms with E-state index >= 15 is 0 Å². The van der Waals surface area contributed by atoms with Gasteiger partial charge in [-0.15, -0.1) is 0 Å². The third-order valence-electron chi connectivity index (χ3n) is 2.55. The predicted octanol–water partition coefficient (Wildman–Crippen LogP) is 3.18. The lowest BCUT2D eigenvalue weighted by Crippen LogP contribution is -2.22. The first kappa shape index (κ1) is 15.2. The fraction of sp³-hybridized carbons (Fsp3) is 0.385. The van der Waals surface area contributed by atoms with Crippen molar-refractivity contribution >= 4 is 11.8 Å². The minimum Gasteiger partial charge on any atom is -0.481 e. The number of hydrogen-bond donors (Lipinski definition) is 1. The molecule has 1 rings (SSSR count). The van der Waals surface area contributed by atoms with E-state index in [2.05, 4.69) is 0 Å². The van der Waals surface area contributed by atoms with Crippen molar-refractivity contribution in [3.8, 4) is 0 Å². The summed E-state index contributed by atoms with van der Waals surface area (Å²) >= 11 is 0. The molecule has 6 heteroatoms. The highest BCUT2D eigenvalue weighted by molar-refractivity contribution is 5.97. The Balaban J connectivity index is 2.99. The maximum absolute atomic E-state index is 13.4. The summed E-state index contributed by atoms with van der Waals surface area (Å²) in [5, 5.41) is 8.67. The quantitative estimate of drug-likeness (QED) is 0.839. The Bertz CT molecular complexity index is 501. The molecule has 0 atom stereocenters. The number of carboxylic acid groups (broad SMARTS) is 1. The number of benzene rings is 1. The van der Waals surface area contributed by atoms with E-state index in [0.29, 0.717) is 12.1 Å². The molecule has 0 spiro atoms. The third kappa shape index (κ3) is 4.08. The number of carbonyl (C=O) groups is 2. The zero-order valence-electron chi connectivity index (χ0n) is 10.5. The van der Waals surface area contributed by atoms with Gasteiger partial charge in [-0.1, -0.05) is 13.8 Å². The summed E-state index contributed by atoms with van der Waals surface area (Å²) in [5.74, 6) is -5.68. The Labute approximate surface area is 108 Å². The van der Waals surface area contributed by atoms with E-state index in [1.165, 1.54) is 13.8 Å². The van der Waals surface area contributed by atoms with Crippen molar-refractivity contribution in [2.24, 2.45) is 5.41 Å². The third-order valence-corrected chi connectivity index (χ3v) is 2.55. The molecule has 0 heterocycles. The van der Waals surface area contributed by atoms with Crippen LogP contribution in [0.2, 0.25) is 0 Å². The van der Waals surface area contributed by atoms with Crippen LogP contribution in [-0.2, 0) is 4.79 Å². The molecule has 0 radical (unpaired) electrons. The number of rotatable bonds is 5. The average molecular weight is 274 g/mol. The van der Waals surface area contributed by atoms with Crippen molar-refractivity contribution in [1.82, 2.24) is 0 Å². The van der Waals surface area contributed by atoms with Crippen molar-refractivity contribution in [2.75, 3.05) is 0 Å². The Morgan fingerprint density at radius 2 is 1.58 bits per heavy atom. The van der Waals surface area contributed by atoms with E-state index in [4.69, 9.17) is 5.11 Å². The molecule has 0 aliphatic carbocycles. The maximum atomic E-state index is 13.4. The predicted molar refractivity (Wildman–Crippen MR) is 61.3 cm³/mol. The maximum Gasteiger partial charge on any atom is 0.303 e. The van der Waals surface area contributed by atoms with Gasteiger partial charge in [0.1, 0.15) is 17.5 Å². The summed E-state index contributed by atoms with van der Waals surface area (Å²) in [6.07, 6.45) is -0.665. The van der Waals surface area contributed by atoms with Gasteiger partial charge in [0.2, 0.25) is 0 Å². The van der Waals surface area contributed by atoms with E-state index in [-0.39, 0.29) is 12.8 Å². The number of carbonyl (C=O) groups excluding carboxylic acids is 1. The molecule has 0 aliphatic heterocycles. The molecular formula is C13H13F3O3. The molecule has 0 bridgehead atoms. The first-order valence-electron chi connectivity index (χ1n) is 5.52. The molecule has 0 aromatic heterocycles. The highest BCUT2D eigenvalue weighted by atomic mass is 19.1. The highest BCUT2D eigenvalue weighted by Crippen LogP contribution is 2.28. The fourth-order valence-electron chi connectivity index (χ4n) is 1.80. The number of carboxylic acids is 1. The Morgan fingerprint density at radius 3 is 2.00 bits per heavy atom. The van der Waals surface area contributed by atoms with Gasteiger partial charge in [-0.25, -0.2) is 13.2 Å². The molecule has 104 valence electrons. The number of ketones is 1. The van der Waals surface area contributed by atoms with Gasteiger partial charge in [0.05, 0.1) is 12.0 Å². The minimum atomic E-state index is -1.28. The lowest BCUT2D eigenvalue weighted by atomic mass is 9.82. The van der Waals surface area contributed by atoms with Crippen molar-refractivity contribution in [3.63, 3.8) is 0 Å². The molecular weight excluding hydrogens is 261 g/mol. The Morgan fingerprint density at radius 1 is 1.11 bits per heavy atom. The van der Waals surface area contributed by atoms with Crippen molar-refractivity contribution in [3.05, 3.63) is 35.1 Å². The minimum absolute atomic E-state index is 0.316. The van der Waals surface area contributed by atoms with Crippen molar-refractivity contribution in [2.45, 2.75) is 26.7 Å². The second-order valence-electron chi connectivity index (χ2n) is 5.08. The van der Waals surface area contributed by atoms with Gasteiger partial charge < -0.3 is 5.11 Å². The fourth-order valence-corrected chi connectivity index (χ4v) is 1.80. The van der Waals surface area contributed by atoms with E-state index in [9.17, 15) is 22.8 Å². The number of Topliss-reactive ketones (excluding diaryl/α,β-unsaturated/α-hetero) is 1. The average Bonchev–Trinajstić information content (AvgIpc) is 2.10. The molecule has 0 amide bonds. The molecule has 0 aliphatic rings. The van der Waals surface area contributed by atoms with Gasteiger partial charge in [0.15, 0.2) is 5.78 Å². The molecule has 0 fully saturated rings. The highest BCUT2D eigenvalue weighted by Gasteiger charge is 2.28. The van der Waals surface area contributed by atoms with Crippen LogP contribution >= 0.6 is 0 Å². The van der Waals surface area contributed by atoms with E-state index in [1.807, 2.05) is 0 Å². The van der Waals surface area contributed by atoms with Crippen LogP contribution in [0, 0.1) is 22.9 Å². The Hall–Kier alpha value is -1.85. The number of halogens is 3. The summed E-state index contributed by atoms with van der Waals surface area (Å²) in [5.41, 5.74) is -1.78. The van der Waals surface area contributed by atoms with Gasteiger partial charge in [-0.3, -0.25) is 9.59 Å². The Kier molecular flexibility index (Phi) is 4.34. The SMILES string of the molecule is CC(C)(CC(=O)O)CC(=O)c1c(F)cc(F)cc1F. The van der Waals surface area contributed by atoms with Crippen LogP contribution in [0.25, 0.3) is 0 Å². The zero-order valence-corrected chi connectivity index (χ0v) is 10.5. The summed E-state index contributed by atoms with van der Waals surface area (Å²) in [7, 11) is 0. The van der Waals surface area contributed by atoms with Crippen LogP contribution in [0.4, 0.5) is 13.2 Å². The molecule has 0 saturated heterocycles. The van der Waals surface area contributed by atoms with Crippen molar-refractivity contribution in [1.29, 1.82) is 0 Å². The number of hydrogen-bond acceptors (Lipinski definition) is 2. The monoisotopic (exact) mass is 274 g/mol. The topological polar surface area (TPSA) is 54.4 Å². The van der Waals surface area contributed by atoms with Crippen LogP contribution in [-0.4, -0.2) is 16.9 Å². The molecule has 19 heavy (non-hydrogen) atoms. The van der Waals surface area contributed by atoms with Crippen LogP contribution in [0.15, 0.2) is 12.1 Å². The second kappa shape index (κ2) is 5.42. The first-order chi connectivity index (χ1) is 8.62. The van der Waals surface area contributed by atoms with E-state index in [0.717, 1.165) is 0 Å². The van der Waals surface area contributed by atoms with Crippen LogP contribution in [0.3, 0.4) is 0 Å². The summed E-state index contributed by atoms with van der Waals surface area (Å²) in [6, 6.07) is 0.834. The zero-order chi connectivity index (χ0) is 14.8. The summed E-state index contributed by atoms with van der Waals surface area (Å²) in [4.78, 5) is 22.4. The van der Waals surface area contributed by atoms with Gasteiger partial charge in [0.25, 0.3) is 0 Å².